The molecule has 7 nitrogen and oxygen atoms in total. The maximum absolute atomic E-state index is 13.5. The zero-order valence-corrected chi connectivity index (χ0v) is 16.8. The van der Waals surface area contributed by atoms with Crippen LogP contribution in [-0.4, -0.2) is 85.2 Å². The van der Waals surface area contributed by atoms with E-state index in [0.717, 1.165) is 25.9 Å². The summed E-state index contributed by atoms with van der Waals surface area (Å²) in [5.41, 5.74) is 0. The largest absolute Gasteiger partial charge is 0.331 e. The lowest BCUT2D eigenvalue weighted by Crippen LogP contribution is -2.43. The molecule has 0 aliphatic carbocycles. The van der Waals surface area contributed by atoms with Gasteiger partial charge >= 0.3 is 6.03 Å². The van der Waals surface area contributed by atoms with Gasteiger partial charge in [-0.3, -0.25) is 4.79 Å². The fourth-order valence-corrected chi connectivity index (χ4v) is 4.19. The van der Waals surface area contributed by atoms with Crippen LogP contribution in [0.3, 0.4) is 0 Å². The van der Waals surface area contributed by atoms with Gasteiger partial charge in [0.05, 0.1) is 19.2 Å². The molecular formula is C19H32FN5O2. The van der Waals surface area contributed by atoms with E-state index in [9.17, 15) is 14.0 Å². The monoisotopic (exact) mass is 381 g/mol. The lowest BCUT2D eigenvalue weighted by Gasteiger charge is -2.24. The van der Waals surface area contributed by atoms with Crippen molar-refractivity contribution in [3.05, 3.63) is 0 Å². The summed E-state index contributed by atoms with van der Waals surface area (Å²) in [7, 11) is 3.53. The fraction of sp³-hybridized carbons (Fsp3) is 0.842. The Labute approximate surface area is 161 Å². The third-order valence-electron chi connectivity index (χ3n) is 5.73. The molecule has 2 heterocycles. The number of rotatable bonds is 6. The molecule has 1 N–H and O–H groups in total. The highest BCUT2D eigenvalue weighted by molar-refractivity contribution is 5.79. The molecular weight excluding hydrogens is 349 g/mol. The third-order valence-corrected chi connectivity index (χ3v) is 5.73. The van der Waals surface area contributed by atoms with Gasteiger partial charge in [0, 0.05) is 39.6 Å². The van der Waals surface area contributed by atoms with Crippen molar-refractivity contribution >= 4 is 11.9 Å². The molecule has 0 aromatic rings. The minimum absolute atomic E-state index is 0.00919. The zero-order valence-electron chi connectivity index (χ0n) is 16.8. The van der Waals surface area contributed by atoms with E-state index in [1.807, 2.05) is 17.9 Å². The Balaban J connectivity index is 1.82. The van der Waals surface area contributed by atoms with Crippen molar-refractivity contribution in [2.24, 2.45) is 11.8 Å². The van der Waals surface area contributed by atoms with Crippen LogP contribution in [0, 0.1) is 23.2 Å². The van der Waals surface area contributed by atoms with Crippen molar-refractivity contribution in [3.63, 3.8) is 0 Å². The second-order valence-electron chi connectivity index (χ2n) is 8.05. The first kappa shape index (κ1) is 21.4. The van der Waals surface area contributed by atoms with Gasteiger partial charge in [0.2, 0.25) is 5.91 Å². The van der Waals surface area contributed by atoms with E-state index in [1.165, 1.54) is 4.90 Å². The lowest BCUT2D eigenvalue weighted by molar-refractivity contribution is -0.130. The summed E-state index contributed by atoms with van der Waals surface area (Å²) in [5.74, 6) is 0.629. The number of halogens is 1. The van der Waals surface area contributed by atoms with Crippen LogP contribution in [0.25, 0.3) is 0 Å². The lowest BCUT2D eigenvalue weighted by atomic mass is 9.88. The number of alkyl halides is 1. The first-order valence-electron chi connectivity index (χ1n) is 9.79. The topological polar surface area (TPSA) is 79.7 Å². The van der Waals surface area contributed by atoms with Gasteiger partial charge in [0.15, 0.2) is 0 Å². The Morgan fingerprint density at radius 3 is 2.56 bits per heavy atom. The van der Waals surface area contributed by atoms with Crippen molar-refractivity contribution in [2.45, 2.75) is 51.4 Å². The number of nitrogens with zero attached hydrogens (tertiary/aromatic N) is 4. The van der Waals surface area contributed by atoms with E-state index in [0.29, 0.717) is 11.8 Å². The van der Waals surface area contributed by atoms with Gasteiger partial charge < -0.3 is 20.0 Å². The van der Waals surface area contributed by atoms with E-state index in [4.69, 9.17) is 5.26 Å². The van der Waals surface area contributed by atoms with Crippen LogP contribution in [-0.2, 0) is 4.79 Å². The average molecular weight is 381 g/mol. The fourth-order valence-electron chi connectivity index (χ4n) is 4.19. The van der Waals surface area contributed by atoms with Crippen LogP contribution in [0.5, 0.6) is 0 Å². The minimum atomic E-state index is -1.11. The number of carbonyl (C=O) groups is 2. The number of carbonyl (C=O) groups excluding carboxylic acids is 2. The number of urea groups is 1. The second-order valence-corrected chi connectivity index (χ2v) is 8.05. The molecule has 2 fully saturated rings. The highest BCUT2D eigenvalue weighted by atomic mass is 19.1. The number of nitrogens with one attached hydrogen (secondary N) is 1. The highest BCUT2D eigenvalue weighted by Gasteiger charge is 2.37. The van der Waals surface area contributed by atoms with Crippen LogP contribution in [0.15, 0.2) is 0 Å². The van der Waals surface area contributed by atoms with E-state index in [2.05, 4.69) is 12.2 Å². The molecule has 2 rings (SSSR count). The molecule has 2 aliphatic rings. The Morgan fingerprint density at radius 2 is 1.96 bits per heavy atom. The van der Waals surface area contributed by atoms with Gasteiger partial charge in [-0.1, -0.05) is 13.3 Å². The normalized spacial score (nSPS) is 28.9. The predicted octanol–water partition coefficient (Wildman–Crippen LogP) is 1.46. The van der Waals surface area contributed by atoms with E-state index >= 15 is 0 Å². The number of nitriles is 1. The highest BCUT2D eigenvalue weighted by Crippen LogP contribution is 2.30. The summed E-state index contributed by atoms with van der Waals surface area (Å²) in [6.07, 6.45) is 0.882. The smallest absolute Gasteiger partial charge is 0.319 e. The summed E-state index contributed by atoms with van der Waals surface area (Å²) < 4.78 is 13.5. The molecule has 3 amide bonds. The molecule has 0 aromatic heterocycles. The van der Waals surface area contributed by atoms with Crippen LogP contribution >= 0.6 is 0 Å². The molecule has 27 heavy (non-hydrogen) atoms. The maximum atomic E-state index is 13.5. The third kappa shape index (κ3) is 5.32. The molecule has 0 saturated carbocycles. The van der Waals surface area contributed by atoms with Gasteiger partial charge in [0.25, 0.3) is 0 Å². The molecule has 0 spiro atoms. The first-order chi connectivity index (χ1) is 12.8. The van der Waals surface area contributed by atoms with E-state index < -0.39 is 12.2 Å². The van der Waals surface area contributed by atoms with Crippen molar-refractivity contribution in [2.75, 3.05) is 40.3 Å². The van der Waals surface area contributed by atoms with Crippen molar-refractivity contribution < 1.29 is 14.0 Å². The number of hydrogen-bond acceptors (Lipinski definition) is 4. The number of likely N-dealkylation sites (tertiary alicyclic amines) is 2. The van der Waals surface area contributed by atoms with Gasteiger partial charge in [-0.2, -0.15) is 5.26 Å². The molecule has 0 radical (unpaired) electrons. The Bertz CT molecular complexity index is 579. The van der Waals surface area contributed by atoms with Crippen LogP contribution in [0.2, 0.25) is 0 Å². The van der Waals surface area contributed by atoms with Gasteiger partial charge in [-0.25, -0.2) is 9.18 Å². The summed E-state index contributed by atoms with van der Waals surface area (Å²) in [4.78, 5) is 29.4. The maximum Gasteiger partial charge on any atom is 0.319 e. The van der Waals surface area contributed by atoms with Crippen molar-refractivity contribution in [3.8, 4) is 6.07 Å². The molecule has 0 bridgehead atoms. The predicted molar refractivity (Wildman–Crippen MR) is 101 cm³/mol. The zero-order chi connectivity index (χ0) is 20.1. The summed E-state index contributed by atoms with van der Waals surface area (Å²) in [6.45, 7) is 5.80. The van der Waals surface area contributed by atoms with E-state index in [1.54, 1.807) is 19.0 Å². The first-order valence-corrected chi connectivity index (χ1v) is 9.79. The Kier molecular flexibility index (Phi) is 7.42. The van der Waals surface area contributed by atoms with Crippen LogP contribution in [0.4, 0.5) is 9.18 Å². The summed E-state index contributed by atoms with van der Waals surface area (Å²) in [6, 6.07) is 1.50. The van der Waals surface area contributed by atoms with Crippen LogP contribution in [0.1, 0.15) is 33.1 Å². The van der Waals surface area contributed by atoms with Crippen molar-refractivity contribution in [1.29, 1.82) is 5.26 Å². The number of amides is 3. The van der Waals surface area contributed by atoms with E-state index in [-0.39, 0.29) is 37.5 Å². The van der Waals surface area contributed by atoms with Gasteiger partial charge in [0.1, 0.15) is 12.2 Å². The van der Waals surface area contributed by atoms with Gasteiger partial charge in [-0.15, -0.1) is 0 Å². The summed E-state index contributed by atoms with van der Waals surface area (Å²) >= 11 is 0. The quantitative estimate of drug-likeness (QED) is 0.755. The summed E-state index contributed by atoms with van der Waals surface area (Å²) in [5, 5.41) is 12.3. The molecule has 8 heteroatoms. The van der Waals surface area contributed by atoms with Gasteiger partial charge in [-0.05, 0) is 25.2 Å². The molecule has 5 atom stereocenters. The number of hydrogen-bond donors (Lipinski definition) is 1. The average Bonchev–Trinajstić information content (AvgIpc) is 3.21. The molecule has 2 saturated heterocycles. The Morgan fingerprint density at radius 1 is 1.30 bits per heavy atom. The minimum Gasteiger partial charge on any atom is -0.331 e. The molecule has 2 aliphatic heterocycles. The molecule has 152 valence electrons. The van der Waals surface area contributed by atoms with Crippen LogP contribution < -0.4 is 5.32 Å². The van der Waals surface area contributed by atoms with Crippen molar-refractivity contribution in [1.82, 2.24) is 20.0 Å². The standard InChI is InChI=1S/C19H32FN5O2/c1-5-14-10-24(19(27)23(3)4)11-15(14)6-13(2)22-9-18(26)25-12-16(20)7-17(25)8-21/h13-17,22H,5-7,9-12H2,1-4H3/t13-,14+,15-,16-,17-/m0/s1. The molecule has 0 unspecified atom stereocenters. The second kappa shape index (κ2) is 9.36. The Hall–Kier alpha value is -1.88. The molecule has 0 aromatic carbocycles. The SMILES string of the molecule is CC[C@@H]1CN(C(=O)N(C)C)C[C@@H]1C[C@H](C)NCC(=O)N1C[C@@H](F)C[C@H]1C#N.